The summed E-state index contributed by atoms with van der Waals surface area (Å²) < 4.78 is 9.74. The summed E-state index contributed by atoms with van der Waals surface area (Å²) in [5.74, 6) is -5.88. The van der Waals surface area contributed by atoms with Crippen LogP contribution in [0.15, 0.2) is 36.9 Å². The second kappa shape index (κ2) is 13.1. The minimum absolute atomic E-state index is 0.00148. The normalized spacial score (nSPS) is 15.8. The Balaban J connectivity index is 1.21. The molecule has 0 aromatic heterocycles. The van der Waals surface area contributed by atoms with Gasteiger partial charge in [-0.3, -0.25) is 33.8 Å². The molecule has 1 atom stereocenters. The van der Waals surface area contributed by atoms with Gasteiger partial charge in [0.25, 0.3) is 29.5 Å². The van der Waals surface area contributed by atoms with E-state index in [1.165, 1.54) is 15.9 Å². The average molecular weight is 674 g/mol. The smallest absolute Gasteiger partial charge is 0.339 e. The number of esters is 2. The van der Waals surface area contributed by atoms with Crippen LogP contribution in [0, 0.1) is 11.3 Å². The molecule has 0 aliphatic carbocycles. The van der Waals surface area contributed by atoms with Crippen LogP contribution in [0.4, 0.5) is 0 Å². The lowest BCUT2D eigenvalue weighted by molar-refractivity contribution is -0.138. The van der Waals surface area contributed by atoms with Crippen molar-refractivity contribution < 1.29 is 52.9 Å². The van der Waals surface area contributed by atoms with Gasteiger partial charge in [0.2, 0.25) is 0 Å². The number of aromatic carboxylic acids is 1. The molecule has 0 fully saturated rings. The Labute approximate surface area is 281 Å². The predicted molar refractivity (Wildman–Crippen MR) is 170 cm³/mol. The number of hydrogen-bond acceptors (Lipinski definition) is 10. The zero-order chi connectivity index (χ0) is 35.9. The molecule has 1 N–H and O–H groups in total. The SMILES string of the molecule is C=CC(=O)OCCOC(=O)c1cc2c(cc1C(=O)O)C(=O)N(CCC(C)CC(C)(C)CN1C(=O)c3cc4c(cc3C1=O)C(=O)N(C)C4)C2=O. The average Bonchev–Trinajstić information content (AvgIpc) is 3.55. The maximum absolute atomic E-state index is 13.3. The molecule has 3 heterocycles. The quantitative estimate of drug-likeness (QED) is 0.143. The predicted octanol–water partition coefficient (Wildman–Crippen LogP) is 3.19. The molecule has 5 rings (SSSR count). The molecular formula is C35H35N3O11. The van der Waals surface area contributed by atoms with E-state index in [0.717, 1.165) is 23.1 Å². The number of nitrogens with zero attached hydrogens (tertiary/aromatic N) is 3. The van der Waals surface area contributed by atoms with Gasteiger partial charge < -0.3 is 19.5 Å². The van der Waals surface area contributed by atoms with Crippen LogP contribution in [0.25, 0.3) is 0 Å². The molecule has 0 spiro atoms. The molecule has 14 nitrogen and oxygen atoms in total. The Morgan fingerprint density at radius 2 is 1.39 bits per heavy atom. The Morgan fingerprint density at radius 3 is 2.00 bits per heavy atom. The molecule has 0 bridgehead atoms. The van der Waals surface area contributed by atoms with Crippen molar-refractivity contribution in [2.45, 2.75) is 40.2 Å². The van der Waals surface area contributed by atoms with Gasteiger partial charge >= 0.3 is 17.9 Å². The van der Waals surface area contributed by atoms with Crippen LogP contribution in [0.5, 0.6) is 0 Å². The van der Waals surface area contributed by atoms with E-state index < -0.39 is 58.1 Å². The highest BCUT2D eigenvalue weighted by molar-refractivity contribution is 6.23. The van der Waals surface area contributed by atoms with Gasteiger partial charge in [-0.1, -0.05) is 27.4 Å². The maximum atomic E-state index is 13.3. The van der Waals surface area contributed by atoms with E-state index in [2.05, 4.69) is 6.58 Å². The summed E-state index contributed by atoms with van der Waals surface area (Å²) in [4.78, 5) is 105. The van der Waals surface area contributed by atoms with Gasteiger partial charge in [-0.05, 0) is 54.0 Å². The van der Waals surface area contributed by atoms with Crippen molar-refractivity contribution in [3.63, 3.8) is 0 Å². The van der Waals surface area contributed by atoms with E-state index in [1.54, 1.807) is 13.1 Å². The standard InChI is InChI=1S/C35H35N3O11/c1-6-27(39)48-9-10-49-34(47)26-14-24-23(13-25(26)33(45)46)29(41)37(30(24)42)8-7-18(2)15-35(3,4)17-38-31(43)21-11-19-16-36(5)28(40)20(19)12-22(21)32(38)44/h6,11-14,18H,1,7-10,15-17H2,2-5H3,(H,45,46). The molecule has 49 heavy (non-hydrogen) atoms. The van der Waals surface area contributed by atoms with Crippen molar-refractivity contribution in [3.8, 4) is 0 Å². The maximum Gasteiger partial charge on any atom is 0.339 e. The van der Waals surface area contributed by atoms with Crippen LogP contribution in [-0.2, 0) is 20.8 Å². The lowest BCUT2D eigenvalue weighted by atomic mass is 9.81. The van der Waals surface area contributed by atoms with Crippen molar-refractivity contribution in [2.75, 3.05) is 33.4 Å². The highest BCUT2D eigenvalue weighted by Crippen LogP contribution is 2.35. The summed E-state index contributed by atoms with van der Waals surface area (Å²) in [7, 11) is 1.66. The number of carbonyl (C=O) groups excluding carboxylic acids is 7. The van der Waals surface area contributed by atoms with Crippen LogP contribution in [-0.4, -0.2) is 101 Å². The Kier molecular flexibility index (Phi) is 9.26. The first-order chi connectivity index (χ1) is 23.0. The molecule has 3 aliphatic heterocycles. The third-order valence-corrected chi connectivity index (χ3v) is 8.80. The second-order valence-corrected chi connectivity index (χ2v) is 13.2. The van der Waals surface area contributed by atoms with Crippen LogP contribution in [0.1, 0.15) is 112 Å². The van der Waals surface area contributed by atoms with Crippen LogP contribution >= 0.6 is 0 Å². The lowest BCUT2D eigenvalue weighted by Crippen LogP contribution is -2.39. The molecule has 0 saturated heterocycles. The molecule has 5 amide bonds. The minimum Gasteiger partial charge on any atom is -0.478 e. The number of ether oxygens (including phenoxy) is 2. The number of imide groups is 2. The summed E-state index contributed by atoms with van der Waals surface area (Å²) in [5, 5.41) is 9.71. The van der Waals surface area contributed by atoms with E-state index in [1.807, 2.05) is 20.8 Å². The summed E-state index contributed by atoms with van der Waals surface area (Å²) >= 11 is 0. The van der Waals surface area contributed by atoms with Crippen LogP contribution < -0.4 is 0 Å². The third-order valence-electron chi connectivity index (χ3n) is 8.80. The van der Waals surface area contributed by atoms with Crippen molar-refractivity contribution in [1.29, 1.82) is 0 Å². The van der Waals surface area contributed by atoms with Crippen molar-refractivity contribution in [3.05, 3.63) is 81.4 Å². The summed E-state index contributed by atoms with van der Waals surface area (Å²) in [6.45, 7) is 8.77. The first kappa shape index (κ1) is 34.7. The fourth-order valence-corrected chi connectivity index (χ4v) is 6.57. The van der Waals surface area contributed by atoms with Gasteiger partial charge in [-0.2, -0.15) is 0 Å². The third kappa shape index (κ3) is 6.58. The van der Waals surface area contributed by atoms with Gasteiger partial charge in [0.15, 0.2) is 0 Å². The van der Waals surface area contributed by atoms with Crippen molar-refractivity contribution in [1.82, 2.24) is 14.7 Å². The number of hydrogen-bond donors (Lipinski definition) is 1. The zero-order valence-corrected chi connectivity index (χ0v) is 27.5. The number of carbonyl (C=O) groups is 8. The van der Waals surface area contributed by atoms with E-state index >= 15 is 0 Å². The number of fused-ring (bicyclic) bond motifs is 3. The molecule has 1 unspecified atom stereocenters. The monoisotopic (exact) mass is 673 g/mol. The summed E-state index contributed by atoms with van der Waals surface area (Å²) in [5.41, 5.74) is -0.203. The molecule has 14 heteroatoms. The molecular weight excluding hydrogens is 638 g/mol. The van der Waals surface area contributed by atoms with E-state index in [-0.39, 0.29) is 60.4 Å². The summed E-state index contributed by atoms with van der Waals surface area (Å²) in [6.07, 6.45) is 1.81. The lowest BCUT2D eigenvalue weighted by Gasteiger charge is -2.32. The topological polar surface area (TPSA) is 185 Å². The van der Waals surface area contributed by atoms with Gasteiger partial charge in [0, 0.05) is 38.3 Å². The Morgan fingerprint density at radius 1 is 0.837 bits per heavy atom. The first-order valence-corrected chi connectivity index (χ1v) is 15.6. The van der Waals surface area contributed by atoms with Gasteiger partial charge in [0.1, 0.15) is 13.2 Å². The minimum atomic E-state index is -1.51. The molecule has 2 aromatic carbocycles. The van der Waals surface area contributed by atoms with Crippen LogP contribution in [0.3, 0.4) is 0 Å². The van der Waals surface area contributed by atoms with E-state index in [4.69, 9.17) is 9.47 Å². The molecule has 0 saturated carbocycles. The highest BCUT2D eigenvalue weighted by atomic mass is 16.6. The fraction of sp³-hybridized carbons (Fsp3) is 0.371. The molecule has 0 radical (unpaired) electrons. The zero-order valence-electron chi connectivity index (χ0n) is 27.5. The fourth-order valence-electron chi connectivity index (χ4n) is 6.57. The van der Waals surface area contributed by atoms with E-state index in [0.29, 0.717) is 30.5 Å². The Hall–Kier alpha value is -5.66. The highest BCUT2D eigenvalue weighted by Gasteiger charge is 2.42. The number of carboxylic acid groups (broad SMARTS) is 1. The van der Waals surface area contributed by atoms with Gasteiger partial charge in [-0.25, -0.2) is 14.4 Å². The van der Waals surface area contributed by atoms with Crippen molar-refractivity contribution >= 4 is 47.4 Å². The number of benzene rings is 2. The molecule has 2 aromatic rings. The number of amides is 5. The van der Waals surface area contributed by atoms with Gasteiger partial charge in [0.05, 0.1) is 33.4 Å². The second-order valence-electron chi connectivity index (χ2n) is 13.2. The van der Waals surface area contributed by atoms with E-state index in [9.17, 15) is 43.5 Å². The number of carboxylic acids is 1. The van der Waals surface area contributed by atoms with Gasteiger partial charge in [-0.15, -0.1) is 0 Å². The Bertz CT molecular complexity index is 1860. The van der Waals surface area contributed by atoms with Crippen LogP contribution in [0.2, 0.25) is 0 Å². The summed E-state index contributed by atoms with van der Waals surface area (Å²) in [6, 6.07) is 5.13. The molecule has 256 valence electrons. The number of rotatable bonds is 13. The first-order valence-electron chi connectivity index (χ1n) is 15.6. The largest absolute Gasteiger partial charge is 0.478 e. The molecule has 3 aliphatic rings. The van der Waals surface area contributed by atoms with Crippen molar-refractivity contribution in [2.24, 2.45) is 11.3 Å².